The molecule has 2 aliphatic rings. The maximum atomic E-state index is 11.9. The highest BCUT2D eigenvalue weighted by molar-refractivity contribution is 5.86. The molecule has 3 nitrogen and oxygen atoms in total. The van der Waals surface area contributed by atoms with E-state index >= 15 is 0 Å². The Bertz CT molecular complexity index is 297. The standard InChI is InChI=1S/C12H18N2O/c1-9(7-10-3-4-10)14-11(15)12(8-13)5-2-6-12/h9-10H,2-7H2,1H3,(H,14,15). The van der Waals surface area contributed by atoms with Crippen LogP contribution in [0, 0.1) is 22.7 Å². The molecule has 1 N–H and O–H groups in total. The van der Waals surface area contributed by atoms with Gasteiger partial charge in [0.2, 0.25) is 5.91 Å². The summed E-state index contributed by atoms with van der Waals surface area (Å²) < 4.78 is 0. The molecule has 3 heteroatoms. The molecule has 0 aromatic heterocycles. The van der Waals surface area contributed by atoms with Crippen LogP contribution >= 0.6 is 0 Å². The minimum atomic E-state index is -0.683. The number of nitriles is 1. The molecule has 1 amide bonds. The van der Waals surface area contributed by atoms with Gasteiger partial charge in [-0.25, -0.2) is 0 Å². The van der Waals surface area contributed by atoms with Gasteiger partial charge in [0.1, 0.15) is 5.41 Å². The number of nitrogens with one attached hydrogen (secondary N) is 1. The molecule has 0 aromatic rings. The first-order valence-corrected chi connectivity index (χ1v) is 5.88. The SMILES string of the molecule is CC(CC1CC1)NC(=O)C1(C#N)CCC1. The number of amides is 1. The summed E-state index contributed by atoms with van der Waals surface area (Å²) in [6.07, 6.45) is 6.19. The van der Waals surface area contributed by atoms with Gasteiger partial charge in [-0.15, -0.1) is 0 Å². The van der Waals surface area contributed by atoms with Gasteiger partial charge in [-0.2, -0.15) is 5.26 Å². The smallest absolute Gasteiger partial charge is 0.240 e. The fourth-order valence-electron chi connectivity index (χ4n) is 2.19. The molecule has 2 rings (SSSR count). The van der Waals surface area contributed by atoms with Crippen molar-refractivity contribution in [3.8, 4) is 6.07 Å². The first-order chi connectivity index (χ1) is 7.16. The topological polar surface area (TPSA) is 52.9 Å². The summed E-state index contributed by atoms with van der Waals surface area (Å²) in [5, 5.41) is 12.0. The van der Waals surface area contributed by atoms with E-state index in [1.165, 1.54) is 12.8 Å². The predicted molar refractivity (Wildman–Crippen MR) is 56.8 cm³/mol. The van der Waals surface area contributed by atoms with Crippen molar-refractivity contribution < 1.29 is 4.79 Å². The van der Waals surface area contributed by atoms with Crippen LogP contribution in [0.5, 0.6) is 0 Å². The van der Waals surface area contributed by atoms with E-state index in [1.807, 2.05) is 6.92 Å². The summed E-state index contributed by atoms with van der Waals surface area (Å²) in [5.41, 5.74) is -0.683. The molecule has 0 radical (unpaired) electrons. The van der Waals surface area contributed by atoms with Gasteiger partial charge in [-0.1, -0.05) is 12.8 Å². The highest BCUT2D eigenvalue weighted by Crippen LogP contribution is 2.40. The molecule has 0 heterocycles. The third kappa shape index (κ3) is 2.14. The third-order valence-corrected chi connectivity index (χ3v) is 3.62. The van der Waals surface area contributed by atoms with E-state index in [2.05, 4.69) is 11.4 Å². The molecule has 1 unspecified atom stereocenters. The molecule has 2 saturated carbocycles. The fraction of sp³-hybridized carbons (Fsp3) is 0.833. The molecule has 15 heavy (non-hydrogen) atoms. The Kier molecular flexibility index (Phi) is 2.68. The normalized spacial score (nSPS) is 24.8. The second-order valence-corrected chi connectivity index (χ2v) is 5.10. The summed E-state index contributed by atoms with van der Waals surface area (Å²) in [6, 6.07) is 2.41. The van der Waals surface area contributed by atoms with Gasteiger partial charge in [0.15, 0.2) is 0 Å². The monoisotopic (exact) mass is 206 g/mol. The van der Waals surface area contributed by atoms with E-state index in [-0.39, 0.29) is 11.9 Å². The zero-order chi connectivity index (χ0) is 10.9. The first-order valence-electron chi connectivity index (χ1n) is 5.88. The Morgan fingerprint density at radius 1 is 1.60 bits per heavy atom. The molecule has 1 atom stereocenters. The number of hydrogen-bond donors (Lipinski definition) is 1. The van der Waals surface area contributed by atoms with Crippen LogP contribution in [0.25, 0.3) is 0 Å². The van der Waals surface area contributed by atoms with Crippen molar-refractivity contribution in [2.24, 2.45) is 11.3 Å². The van der Waals surface area contributed by atoms with Gasteiger partial charge < -0.3 is 5.32 Å². The van der Waals surface area contributed by atoms with Gasteiger partial charge in [0.05, 0.1) is 6.07 Å². The maximum absolute atomic E-state index is 11.9. The lowest BCUT2D eigenvalue weighted by Gasteiger charge is -2.34. The second-order valence-electron chi connectivity index (χ2n) is 5.10. The van der Waals surface area contributed by atoms with E-state index in [1.54, 1.807) is 0 Å². The maximum Gasteiger partial charge on any atom is 0.240 e. The summed E-state index contributed by atoms with van der Waals surface area (Å²) >= 11 is 0. The molecule has 0 saturated heterocycles. The van der Waals surface area contributed by atoms with Crippen LogP contribution in [0.15, 0.2) is 0 Å². The van der Waals surface area contributed by atoms with Crippen molar-refractivity contribution in [3.05, 3.63) is 0 Å². The number of rotatable bonds is 4. The van der Waals surface area contributed by atoms with Crippen LogP contribution in [0.4, 0.5) is 0 Å². The van der Waals surface area contributed by atoms with E-state index in [0.29, 0.717) is 0 Å². The molecular weight excluding hydrogens is 188 g/mol. The highest BCUT2D eigenvalue weighted by Gasteiger charge is 2.45. The Hall–Kier alpha value is -1.04. The van der Waals surface area contributed by atoms with Gasteiger partial charge in [0, 0.05) is 6.04 Å². The lowest BCUT2D eigenvalue weighted by atomic mass is 9.69. The van der Waals surface area contributed by atoms with Crippen LogP contribution in [0.2, 0.25) is 0 Å². The van der Waals surface area contributed by atoms with Crippen molar-refractivity contribution in [2.45, 2.75) is 51.5 Å². The van der Waals surface area contributed by atoms with Gasteiger partial charge in [0.25, 0.3) is 0 Å². The molecule has 2 aliphatic carbocycles. The Morgan fingerprint density at radius 3 is 2.67 bits per heavy atom. The predicted octanol–water partition coefficient (Wildman–Crippen LogP) is 1.99. The largest absolute Gasteiger partial charge is 0.352 e. The lowest BCUT2D eigenvalue weighted by molar-refractivity contribution is -0.132. The lowest BCUT2D eigenvalue weighted by Crippen LogP contribution is -2.47. The van der Waals surface area contributed by atoms with Crippen LogP contribution in [-0.4, -0.2) is 11.9 Å². The summed E-state index contributed by atoms with van der Waals surface area (Å²) in [4.78, 5) is 11.9. The average molecular weight is 206 g/mol. The van der Waals surface area contributed by atoms with Crippen molar-refractivity contribution >= 4 is 5.91 Å². The second kappa shape index (κ2) is 3.84. The molecule has 0 aromatic carbocycles. The van der Waals surface area contributed by atoms with Crippen LogP contribution in [0.1, 0.15) is 45.4 Å². The Balaban J connectivity index is 1.82. The number of nitrogens with zero attached hydrogens (tertiary/aromatic N) is 1. The third-order valence-electron chi connectivity index (χ3n) is 3.62. The average Bonchev–Trinajstić information content (AvgIpc) is 2.86. The van der Waals surface area contributed by atoms with E-state index < -0.39 is 5.41 Å². The zero-order valence-electron chi connectivity index (χ0n) is 9.25. The van der Waals surface area contributed by atoms with Crippen LogP contribution in [0.3, 0.4) is 0 Å². The summed E-state index contributed by atoms with van der Waals surface area (Å²) in [5.74, 6) is 0.782. The van der Waals surface area contributed by atoms with Crippen LogP contribution in [-0.2, 0) is 4.79 Å². The molecule has 2 fully saturated rings. The minimum Gasteiger partial charge on any atom is -0.352 e. The molecular formula is C12H18N2O. The Labute approximate surface area is 90.8 Å². The minimum absolute atomic E-state index is 0.0376. The molecule has 0 bridgehead atoms. The van der Waals surface area contributed by atoms with Gasteiger partial charge in [-0.3, -0.25) is 4.79 Å². The molecule has 82 valence electrons. The van der Waals surface area contributed by atoms with Crippen molar-refractivity contribution in [1.29, 1.82) is 5.26 Å². The van der Waals surface area contributed by atoms with Crippen LogP contribution < -0.4 is 5.32 Å². The van der Waals surface area contributed by atoms with E-state index in [4.69, 9.17) is 5.26 Å². The Morgan fingerprint density at radius 2 is 2.27 bits per heavy atom. The molecule has 0 spiro atoms. The molecule has 0 aliphatic heterocycles. The zero-order valence-corrected chi connectivity index (χ0v) is 9.25. The van der Waals surface area contributed by atoms with Crippen molar-refractivity contribution in [2.75, 3.05) is 0 Å². The summed E-state index contributed by atoms with van der Waals surface area (Å²) in [6.45, 7) is 2.04. The van der Waals surface area contributed by atoms with E-state index in [0.717, 1.165) is 31.6 Å². The van der Waals surface area contributed by atoms with Gasteiger partial charge in [-0.05, 0) is 38.5 Å². The first kappa shape index (κ1) is 10.5. The number of hydrogen-bond acceptors (Lipinski definition) is 2. The quantitative estimate of drug-likeness (QED) is 0.764. The van der Waals surface area contributed by atoms with Crippen molar-refractivity contribution in [1.82, 2.24) is 5.32 Å². The highest BCUT2D eigenvalue weighted by atomic mass is 16.2. The number of carbonyl (C=O) groups excluding carboxylic acids is 1. The van der Waals surface area contributed by atoms with Gasteiger partial charge >= 0.3 is 0 Å². The fourth-order valence-corrected chi connectivity index (χ4v) is 2.19. The van der Waals surface area contributed by atoms with Crippen molar-refractivity contribution in [3.63, 3.8) is 0 Å². The van der Waals surface area contributed by atoms with E-state index in [9.17, 15) is 4.79 Å². The summed E-state index contributed by atoms with van der Waals surface area (Å²) in [7, 11) is 0. The number of carbonyl (C=O) groups is 1.